The Morgan fingerprint density at radius 2 is 1.88 bits per heavy atom. The molecule has 178 valence electrons. The van der Waals surface area contributed by atoms with Crippen molar-refractivity contribution in [2.24, 2.45) is 5.92 Å². The number of carbonyl (C=O) groups excluding carboxylic acids is 1. The van der Waals surface area contributed by atoms with Crippen molar-refractivity contribution in [1.29, 1.82) is 0 Å². The van der Waals surface area contributed by atoms with Gasteiger partial charge in [-0.15, -0.1) is 0 Å². The normalized spacial score (nSPS) is 15.1. The van der Waals surface area contributed by atoms with Crippen LogP contribution < -0.4 is 15.8 Å². The lowest BCUT2D eigenvalue weighted by molar-refractivity contribution is -0.138. The summed E-state index contributed by atoms with van der Waals surface area (Å²) in [5.74, 6) is -1.28. The minimum atomic E-state index is -1.01. The number of amides is 1. The highest BCUT2D eigenvalue weighted by Gasteiger charge is 2.28. The number of hydrogen-bond acceptors (Lipinski definition) is 5. The molecule has 0 saturated carbocycles. The van der Waals surface area contributed by atoms with Gasteiger partial charge in [-0.2, -0.15) is 0 Å². The van der Waals surface area contributed by atoms with Gasteiger partial charge in [-0.25, -0.2) is 4.98 Å². The van der Waals surface area contributed by atoms with Crippen LogP contribution in [-0.4, -0.2) is 39.6 Å². The van der Waals surface area contributed by atoms with Crippen LogP contribution in [0.5, 0.6) is 0 Å². The second kappa shape index (κ2) is 10.1. The van der Waals surface area contributed by atoms with Crippen LogP contribution in [0.1, 0.15) is 50.8 Å². The number of fused-ring (bicyclic) bond motifs is 1. The molecular weight excluding hydrogens is 432 g/mol. The molecule has 0 aliphatic carbocycles. The van der Waals surface area contributed by atoms with Gasteiger partial charge >= 0.3 is 5.97 Å². The third kappa shape index (κ3) is 5.11. The molecule has 0 unspecified atom stereocenters. The third-order valence-electron chi connectivity index (χ3n) is 6.21. The van der Waals surface area contributed by atoms with Gasteiger partial charge in [0.15, 0.2) is 0 Å². The molecule has 1 saturated heterocycles. The van der Waals surface area contributed by atoms with Crippen molar-refractivity contribution in [3.8, 4) is 0 Å². The molecule has 34 heavy (non-hydrogen) atoms. The highest BCUT2D eigenvalue weighted by Crippen LogP contribution is 2.27. The van der Waals surface area contributed by atoms with Gasteiger partial charge < -0.3 is 15.3 Å². The molecule has 2 N–H and O–H groups in total. The number of anilines is 1. The van der Waals surface area contributed by atoms with Crippen molar-refractivity contribution in [2.45, 2.75) is 45.2 Å². The number of aliphatic carboxylic acids is 1. The number of nitrogens with zero attached hydrogens (tertiary/aromatic N) is 3. The fourth-order valence-electron chi connectivity index (χ4n) is 4.31. The molecule has 2 aromatic carbocycles. The van der Waals surface area contributed by atoms with Gasteiger partial charge in [0, 0.05) is 18.8 Å². The van der Waals surface area contributed by atoms with Crippen molar-refractivity contribution >= 4 is 28.5 Å². The first-order chi connectivity index (χ1) is 16.3. The van der Waals surface area contributed by atoms with E-state index in [-0.39, 0.29) is 17.9 Å². The topological polar surface area (TPSA) is 105 Å². The summed E-state index contributed by atoms with van der Waals surface area (Å²) in [5.41, 5.74) is 2.02. The summed E-state index contributed by atoms with van der Waals surface area (Å²) < 4.78 is 1.37. The third-order valence-corrected chi connectivity index (χ3v) is 6.21. The molecule has 8 heteroatoms. The number of rotatable bonds is 9. The molecule has 0 spiro atoms. The average molecular weight is 463 g/mol. The van der Waals surface area contributed by atoms with E-state index < -0.39 is 24.0 Å². The van der Waals surface area contributed by atoms with Crippen molar-refractivity contribution in [3.05, 3.63) is 70.8 Å². The molecule has 1 aliphatic rings. The van der Waals surface area contributed by atoms with Crippen LogP contribution in [0.4, 0.5) is 5.69 Å². The van der Waals surface area contributed by atoms with Gasteiger partial charge in [-0.3, -0.25) is 19.0 Å². The molecule has 1 aliphatic heterocycles. The van der Waals surface area contributed by atoms with Gasteiger partial charge in [0.05, 0.1) is 29.7 Å². The zero-order valence-electron chi connectivity index (χ0n) is 19.5. The van der Waals surface area contributed by atoms with Crippen molar-refractivity contribution in [2.75, 3.05) is 18.0 Å². The Kier molecular flexibility index (Phi) is 6.95. The first-order valence-electron chi connectivity index (χ1n) is 11.7. The lowest BCUT2D eigenvalue weighted by Crippen LogP contribution is -2.40. The maximum atomic E-state index is 13.5. The number of hydrogen-bond donors (Lipinski definition) is 2. The highest BCUT2D eigenvalue weighted by atomic mass is 16.4. The van der Waals surface area contributed by atoms with Gasteiger partial charge in [0.1, 0.15) is 6.04 Å². The molecule has 2 heterocycles. The molecule has 2 atom stereocenters. The Morgan fingerprint density at radius 1 is 1.12 bits per heavy atom. The Bertz CT molecular complexity index is 1250. The summed E-state index contributed by atoms with van der Waals surface area (Å²) in [6, 6.07) is 13.1. The second-order valence-corrected chi connectivity index (χ2v) is 9.21. The predicted molar refractivity (Wildman–Crippen MR) is 131 cm³/mol. The van der Waals surface area contributed by atoms with Crippen LogP contribution in [-0.2, 0) is 9.59 Å². The molecule has 1 amide bonds. The summed E-state index contributed by atoms with van der Waals surface area (Å²) >= 11 is 0. The van der Waals surface area contributed by atoms with E-state index in [1.807, 2.05) is 44.2 Å². The van der Waals surface area contributed by atoms with E-state index in [0.717, 1.165) is 30.8 Å². The summed E-state index contributed by atoms with van der Waals surface area (Å²) in [6.07, 6.45) is 2.70. The van der Waals surface area contributed by atoms with Gasteiger partial charge in [0.2, 0.25) is 5.91 Å². The number of carbonyl (C=O) groups is 2. The minimum absolute atomic E-state index is 0.127. The lowest BCUT2D eigenvalue weighted by atomic mass is 9.99. The zero-order chi connectivity index (χ0) is 24.2. The number of aromatic nitrogens is 2. The van der Waals surface area contributed by atoms with Crippen molar-refractivity contribution in [3.63, 3.8) is 0 Å². The first kappa shape index (κ1) is 23.5. The van der Waals surface area contributed by atoms with Gasteiger partial charge in [0.25, 0.3) is 5.56 Å². The molecule has 0 bridgehead atoms. The van der Waals surface area contributed by atoms with E-state index in [1.165, 1.54) is 10.9 Å². The smallest absolute Gasteiger partial charge is 0.305 e. The maximum Gasteiger partial charge on any atom is 0.305 e. The van der Waals surface area contributed by atoms with E-state index >= 15 is 0 Å². The van der Waals surface area contributed by atoms with E-state index in [9.17, 15) is 19.5 Å². The fraction of sp³-hybridized carbons (Fsp3) is 0.385. The maximum absolute atomic E-state index is 13.5. The van der Waals surface area contributed by atoms with E-state index in [4.69, 9.17) is 0 Å². The highest BCUT2D eigenvalue weighted by molar-refractivity contribution is 5.83. The molecule has 1 aromatic heterocycles. The van der Waals surface area contributed by atoms with E-state index in [1.54, 1.807) is 18.2 Å². The lowest BCUT2D eigenvalue weighted by Gasteiger charge is -2.34. The summed E-state index contributed by atoms with van der Waals surface area (Å²) in [4.78, 5) is 44.9. The monoisotopic (exact) mass is 462 g/mol. The van der Waals surface area contributed by atoms with Gasteiger partial charge in [-0.1, -0.05) is 38.1 Å². The Labute approximate surface area is 198 Å². The Balaban J connectivity index is 1.66. The molecule has 1 fully saturated rings. The van der Waals surface area contributed by atoms with Crippen molar-refractivity contribution < 1.29 is 14.7 Å². The van der Waals surface area contributed by atoms with Crippen LogP contribution in [0.2, 0.25) is 0 Å². The van der Waals surface area contributed by atoms with Crippen LogP contribution >= 0.6 is 0 Å². The number of para-hydroxylation sites is 1. The summed E-state index contributed by atoms with van der Waals surface area (Å²) in [7, 11) is 0. The molecular formula is C26H30N4O4. The number of nitrogens with one attached hydrogen (secondary N) is 1. The number of carboxylic acid groups (broad SMARTS) is 1. The average Bonchev–Trinajstić information content (AvgIpc) is 2.76. The van der Waals surface area contributed by atoms with E-state index in [0.29, 0.717) is 17.3 Å². The van der Waals surface area contributed by atoms with Crippen LogP contribution in [0.3, 0.4) is 0 Å². The largest absolute Gasteiger partial charge is 0.481 e. The first-order valence-corrected chi connectivity index (χ1v) is 11.7. The Hall–Kier alpha value is -3.68. The van der Waals surface area contributed by atoms with E-state index in [2.05, 4.69) is 15.2 Å². The summed E-state index contributed by atoms with van der Waals surface area (Å²) in [5, 5.41) is 12.9. The van der Waals surface area contributed by atoms with Crippen LogP contribution in [0.15, 0.2) is 59.7 Å². The quantitative estimate of drug-likeness (QED) is 0.504. The molecule has 3 aromatic rings. The SMILES string of the molecule is CC(C)C[C@@H](C(=O)N[C@@H](CC(=O)O)c1cccc(N2CCC2)c1)n1cnc2ccccc2c1=O. The second-order valence-electron chi connectivity index (χ2n) is 9.21. The molecule has 8 nitrogen and oxygen atoms in total. The number of benzene rings is 2. The Morgan fingerprint density at radius 3 is 2.56 bits per heavy atom. The van der Waals surface area contributed by atoms with Crippen LogP contribution in [0.25, 0.3) is 10.9 Å². The molecule has 0 radical (unpaired) electrons. The predicted octanol–water partition coefficient (Wildman–Crippen LogP) is 3.53. The van der Waals surface area contributed by atoms with Crippen LogP contribution in [0, 0.1) is 5.92 Å². The zero-order valence-corrected chi connectivity index (χ0v) is 19.5. The van der Waals surface area contributed by atoms with Gasteiger partial charge in [-0.05, 0) is 48.6 Å². The molecule has 4 rings (SSSR count). The fourth-order valence-corrected chi connectivity index (χ4v) is 4.31. The van der Waals surface area contributed by atoms with Crippen molar-refractivity contribution in [1.82, 2.24) is 14.9 Å². The standard InChI is InChI=1S/C26H30N4O4/c1-17(2)13-23(30-16-27-21-10-4-3-9-20(21)26(30)34)25(33)28-22(15-24(31)32)18-7-5-8-19(14-18)29-11-6-12-29/h3-5,7-10,14,16-17,22-23H,6,11-13,15H2,1-2H3,(H,28,33)(H,31,32)/t22-,23-/m0/s1. The minimum Gasteiger partial charge on any atom is -0.481 e. The summed E-state index contributed by atoms with van der Waals surface area (Å²) in [6.45, 7) is 5.89. The number of carboxylic acids is 1.